The van der Waals surface area contributed by atoms with Gasteiger partial charge in [0.15, 0.2) is 17.2 Å². The number of amides is 2. The Bertz CT molecular complexity index is 915. The first kappa shape index (κ1) is 14.7. The van der Waals surface area contributed by atoms with Crippen molar-refractivity contribution in [3.8, 4) is 0 Å². The summed E-state index contributed by atoms with van der Waals surface area (Å²) in [5, 5.41) is 10.6. The van der Waals surface area contributed by atoms with E-state index < -0.39 is 11.8 Å². The molecule has 0 aliphatic heterocycles. The highest BCUT2D eigenvalue weighted by atomic mass is 32.1. The lowest BCUT2D eigenvalue weighted by Crippen LogP contribution is -2.16. The summed E-state index contributed by atoms with van der Waals surface area (Å²) in [4.78, 5) is 30.8. The Hall–Kier alpha value is -3.21. The maximum atomic E-state index is 11.5. The van der Waals surface area contributed by atoms with Crippen LogP contribution in [0.3, 0.4) is 0 Å². The second kappa shape index (κ2) is 5.53. The maximum Gasteiger partial charge on any atom is 0.270 e. The third kappa shape index (κ3) is 2.53. The van der Waals surface area contributed by atoms with Gasteiger partial charge in [0.25, 0.3) is 11.8 Å². The van der Waals surface area contributed by atoms with Crippen LogP contribution >= 0.6 is 11.3 Å². The molecule has 0 atom stereocenters. The van der Waals surface area contributed by atoms with Crippen LogP contribution in [0.5, 0.6) is 0 Å². The van der Waals surface area contributed by atoms with E-state index in [0.717, 1.165) is 0 Å². The van der Waals surface area contributed by atoms with Crippen molar-refractivity contribution in [2.75, 3.05) is 17.7 Å². The average molecular weight is 332 g/mol. The molecular formula is C12H12N8O2S. The molecule has 0 spiro atoms. The molecule has 23 heavy (non-hydrogen) atoms. The number of primary amides is 2. The zero-order valence-corrected chi connectivity index (χ0v) is 12.7. The molecular weight excluding hydrogens is 320 g/mol. The first-order valence-corrected chi connectivity index (χ1v) is 7.26. The van der Waals surface area contributed by atoms with Crippen LogP contribution in [0.4, 0.5) is 16.5 Å². The summed E-state index contributed by atoms with van der Waals surface area (Å²) < 4.78 is 1.32. The van der Waals surface area contributed by atoms with Crippen LogP contribution in [0.1, 0.15) is 21.0 Å². The predicted molar refractivity (Wildman–Crippen MR) is 85.0 cm³/mol. The zero-order chi connectivity index (χ0) is 16.6. The molecule has 118 valence electrons. The van der Waals surface area contributed by atoms with Crippen molar-refractivity contribution >= 4 is 45.3 Å². The predicted octanol–water partition coefficient (Wildman–Crippen LogP) is 0.169. The number of aromatic nitrogens is 4. The number of nitrogens with zero attached hydrogens (tertiary/aromatic N) is 4. The number of carbonyl (C=O) groups excluding carboxylic acids is 2. The van der Waals surface area contributed by atoms with E-state index in [1.165, 1.54) is 27.6 Å². The highest BCUT2D eigenvalue weighted by Crippen LogP contribution is 2.26. The van der Waals surface area contributed by atoms with Crippen molar-refractivity contribution in [3.05, 3.63) is 29.2 Å². The van der Waals surface area contributed by atoms with Gasteiger partial charge in [-0.1, -0.05) is 0 Å². The van der Waals surface area contributed by atoms with Crippen molar-refractivity contribution in [3.63, 3.8) is 0 Å². The first-order chi connectivity index (χ1) is 11.0. The van der Waals surface area contributed by atoms with E-state index >= 15 is 0 Å². The van der Waals surface area contributed by atoms with Gasteiger partial charge in [0.05, 0.1) is 17.4 Å². The number of anilines is 3. The fourth-order valence-electron chi connectivity index (χ4n) is 2.01. The summed E-state index contributed by atoms with van der Waals surface area (Å²) in [5.41, 5.74) is 13.4. The lowest BCUT2D eigenvalue weighted by atomic mass is 10.4. The summed E-state index contributed by atoms with van der Waals surface area (Å²) in [6.45, 7) is 0. The van der Waals surface area contributed by atoms with Gasteiger partial charge in [-0.3, -0.25) is 9.59 Å². The average Bonchev–Trinajstić information content (AvgIpc) is 3.12. The molecule has 3 heterocycles. The molecule has 3 aromatic heterocycles. The number of rotatable bonds is 5. The summed E-state index contributed by atoms with van der Waals surface area (Å²) in [6.07, 6.45) is 1.34. The van der Waals surface area contributed by atoms with Gasteiger partial charge in [-0.05, 0) is 0 Å². The summed E-state index contributed by atoms with van der Waals surface area (Å²) >= 11 is 1.20. The molecule has 2 amide bonds. The van der Waals surface area contributed by atoms with E-state index in [1.807, 2.05) is 0 Å². The molecule has 3 aromatic rings. The SMILES string of the molecule is CNc1cc(Nc2scnc2C(N)=O)nn2c(C(N)=O)cnc12. The third-order valence-corrected chi connectivity index (χ3v) is 3.77. The standard InChI is InChI=1S/C12H12N8O2S/c1-15-5-2-7(18-12-8(10(14)22)17-4-23-12)19-20-6(9(13)21)3-16-11(5)20/h2-4,15H,1H3,(H2,13,21)(H2,14,22)(H,18,19). The molecule has 0 radical (unpaired) electrons. The summed E-state index contributed by atoms with van der Waals surface area (Å²) in [7, 11) is 1.71. The van der Waals surface area contributed by atoms with Crippen LogP contribution < -0.4 is 22.1 Å². The van der Waals surface area contributed by atoms with Gasteiger partial charge in [-0.2, -0.15) is 0 Å². The van der Waals surface area contributed by atoms with E-state index in [0.29, 0.717) is 22.2 Å². The Morgan fingerprint density at radius 2 is 2.04 bits per heavy atom. The molecule has 0 saturated heterocycles. The normalized spacial score (nSPS) is 10.7. The van der Waals surface area contributed by atoms with Gasteiger partial charge < -0.3 is 22.1 Å². The topological polar surface area (TPSA) is 153 Å². The molecule has 6 N–H and O–H groups in total. The molecule has 10 nitrogen and oxygen atoms in total. The lowest BCUT2D eigenvalue weighted by molar-refractivity contribution is 0.0987. The quantitative estimate of drug-likeness (QED) is 0.519. The highest BCUT2D eigenvalue weighted by molar-refractivity contribution is 7.14. The molecule has 0 unspecified atom stereocenters. The fourth-order valence-corrected chi connectivity index (χ4v) is 2.70. The number of nitrogens with two attached hydrogens (primary N) is 2. The Morgan fingerprint density at radius 3 is 2.70 bits per heavy atom. The van der Waals surface area contributed by atoms with Crippen LogP contribution in [-0.4, -0.2) is 38.4 Å². The number of hydrogen-bond acceptors (Lipinski definition) is 8. The van der Waals surface area contributed by atoms with Crippen LogP contribution in [0.25, 0.3) is 5.65 Å². The van der Waals surface area contributed by atoms with Gasteiger partial charge in [0, 0.05) is 13.1 Å². The molecule has 0 saturated carbocycles. The minimum atomic E-state index is -0.653. The van der Waals surface area contributed by atoms with Gasteiger partial charge in [-0.25, -0.2) is 14.5 Å². The monoisotopic (exact) mass is 332 g/mol. The van der Waals surface area contributed by atoms with Gasteiger partial charge >= 0.3 is 0 Å². The van der Waals surface area contributed by atoms with Crippen LogP contribution in [0.15, 0.2) is 17.8 Å². The second-order valence-electron chi connectivity index (χ2n) is 4.46. The number of carbonyl (C=O) groups is 2. The third-order valence-electron chi connectivity index (χ3n) is 3.03. The molecule has 3 rings (SSSR count). The van der Waals surface area contributed by atoms with E-state index in [-0.39, 0.29) is 11.4 Å². The van der Waals surface area contributed by atoms with Crippen molar-refractivity contribution in [1.29, 1.82) is 0 Å². The molecule has 0 aromatic carbocycles. The zero-order valence-electron chi connectivity index (χ0n) is 11.9. The van der Waals surface area contributed by atoms with Crippen molar-refractivity contribution < 1.29 is 9.59 Å². The molecule has 0 fully saturated rings. The maximum absolute atomic E-state index is 11.5. The first-order valence-electron chi connectivity index (χ1n) is 6.38. The van der Waals surface area contributed by atoms with Crippen LogP contribution in [0.2, 0.25) is 0 Å². The van der Waals surface area contributed by atoms with Crippen molar-refractivity contribution in [2.45, 2.75) is 0 Å². The highest BCUT2D eigenvalue weighted by Gasteiger charge is 2.16. The number of nitrogens with one attached hydrogen (secondary N) is 2. The summed E-state index contributed by atoms with van der Waals surface area (Å²) in [6, 6.07) is 1.68. The van der Waals surface area contributed by atoms with E-state index in [9.17, 15) is 9.59 Å². The van der Waals surface area contributed by atoms with Crippen molar-refractivity contribution in [2.24, 2.45) is 11.5 Å². The number of hydrogen-bond donors (Lipinski definition) is 4. The molecule has 11 heteroatoms. The fraction of sp³-hybridized carbons (Fsp3) is 0.0833. The van der Waals surface area contributed by atoms with Crippen LogP contribution in [-0.2, 0) is 0 Å². The van der Waals surface area contributed by atoms with E-state index in [2.05, 4.69) is 25.7 Å². The second-order valence-corrected chi connectivity index (χ2v) is 5.31. The lowest BCUT2D eigenvalue weighted by Gasteiger charge is -2.09. The smallest absolute Gasteiger partial charge is 0.270 e. The Kier molecular flexibility index (Phi) is 3.54. The van der Waals surface area contributed by atoms with E-state index in [1.54, 1.807) is 13.1 Å². The Balaban J connectivity index is 2.10. The minimum Gasteiger partial charge on any atom is -0.385 e. The molecule has 0 bridgehead atoms. The number of fused-ring (bicyclic) bond motifs is 1. The summed E-state index contributed by atoms with van der Waals surface area (Å²) in [5.74, 6) is -0.932. The van der Waals surface area contributed by atoms with Crippen LogP contribution in [0, 0.1) is 0 Å². The Labute approximate surface area is 133 Å². The van der Waals surface area contributed by atoms with Gasteiger partial charge in [-0.15, -0.1) is 16.4 Å². The van der Waals surface area contributed by atoms with Gasteiger partial charge in [0.1, 0.15) is 10.7 Å². The molecule has 0 aliphatic rings. The van der Waals surface area contributed by atoms with Crippen molar-refractivity contribution in [1.82, 2.24) is 19.6 Å². The van der Waals surface area contributed by atoms with E-state index in [4.69, 9.17) is 11.5 Å². The minimum absolute atomic E-state index is 0.115. The number of thiazole rings is 1. The van der Waals surface area contributed by atoms with Gasteiger partial charge in [0.2, 0.25) is 0 Å². The molecule has 0 aliphatic carbocycles. The largest absolute Gasteiger partial charge is 0.385 e. The number of imidazole rings is 1. The Morgan fingerprint density at radius 1 is 1.26 bits per heavy atom.